The fourth-order valence-corrected chi connectivity index (χ4v) is 7.47. The molecule has 14 heteroatoms. The number of hydrogen-bond donors (Lipinski definition) is 1. The Labute approximate surface area is 262 Å². The molecular weight excluding hydrogens is 600 g/mol. The van der Waals surface area contributed by atoms with E-state index in [1.807, 2.05) is 19.9 Å². The van der Waals surface area contributed by atoms with Crippen LogP contribution in [-0.4, -0.2) is 78.0 Å². The van der Waals surface area contributed by atoms with Crippen molar-refractivity contribution in [3.05, 3.63) is 42.6 Å². The Morgan fingerprint density at radius 1 is 1.04 bits per heavy atom. The molecular formula is C31H38N6O7S. The molecule has 4 heterocycles. The van der Waals surface area contributed by atoms with Crippen LogP contribution in [0, 0.1) is 5.92 Å². The zero-order valence-electron chi connectivity index (χ0n) is 25.9. The number of ether oxygens (including phenoxy) is 5. The van der Waals surface area contributed by atoms with E-state index in [4.69, 9.17) is 28.7 Å². The summed E-state index contributed by atoms with van der Waals surface area (Å²) in [6.07, 6.45) is 5.41. The van der Waals surface area contributed by atoms with Gasteiger partial charge in [0, 0.05) is 12.7 Å². The number of rotatable bonds is 12. The summed E-state index contributed by atoms with van der Waals surface area (Å²) in [6, 6.07) is 10.7. The molecule has 6 rings (SSSR count). The van der Waals surface area contributed by atoms with E-state index in [0.717, 1.165) is 19.3 Å². The number of sulfonamides is 1. The molecule has 1 saturated carbocycles. The highest BCUT2D eigenvalue weighted by atomic mass is 32.2. The van der Waals surface area contributed by atoms with Crippen LogP contribution in [0.15, 0.2) is 42.6 Å². The quantitative estimate of drug-likeness (QED) is 0.229. The average Bonchev–Trinajstić information content (AvgIpc) is 3.38. The van der Waals surface area contributed by atoms with Crippen molar-refractivity contribution in [2.45, 2.75) is 57.8 Å². The zero-order valence-corrected chi connectivity index (χ0v) is 26.7. The molecule has 4 aromatic rings. The molecule has 240 valence electrons. The molecule has 1 unspecified atom stereocenters. The van der Waals surface area contributed by atoms with Gasteiger partial charge in [0.2, 0.25) is 15.9 Å². The van der Waals surface area contributed by atoms with Gasteiger partial charge in [0.15, 0.2) is 29.2 Å². The molecule has 45 heavy (non-hydrogen) atoms. The number of hydrogen-bond acceptors (Lipinski definition) is 11. The molecule has 0 bridgehead atoms. The van der Waals surface area contributed by atoms with Crippen molar-refractivity contribution in [3.8, 4) is 34.6 Å². The predicted molar refractivity (Wildman–Crippen MR) is 167 cm³/mol. The van der Waals surface area contributed by atoms with E-state index in [0.29, 0.717) is 60.6 Å². The van der Waals surface area contributed by atoms with Crippen LogP contribution in [0.1, 0.15) is 46.0 Å². The second-order valence-corrected chi connectivity index (χ2v) is 13.3. The summed E-state index contributed by atoms with van der Waals surface area (Å²) in [4.78, 5) is 18.5. The molecule has 13 nitrogen and oxygen atoms in total. The summed E-state index contributed by atoms with van der Waals surface area (Å²) in [5.41, 5.74) is 1.18. The molecule has 1 aliphatic carbocycles. The fraction of sp³-hybridized carbons (Fsp3) is 0.484. The number of fused-ring (bicyclic) bond motifs is 1. The van der Waals surface area contributed by atoms with Gasteiger partial charge in [-0.1, -0.05) is 12.1 Å². The molecule has 0 spiro atoms. The number of para-hydroxylation sites is 1. The van der Waals surface area contributed by atoms with Crippen molar-refractivity contribution in [1.82, 2.24) is 24.5 Å². The van der Waals surface area contributed by atoms with E-state index in [1.54, 1.807) is 49.1 Å². The molecule has 1 aliphatic heterocycles. The molecule has 1 aromatic carbocycles. The number of methoxy groups -OCH3 is 2. The van der Waals surface area contributed by atoms with E-state index in [2.05, 4.69) is 19.7 Å². The maximum absolute atomic E-state index is 13.3. The van der Waals surface area contributed by atoms with Gasteiger partial charge in [0.25, 0.3) is 0 Å². The van der Waals surface area contributed by atoms with Crippen molar-refractivity contribution in [1.29, 1.82) is 0 Å². The Morgan fingerprint density at radius 3 is 2.49 bits per heavy atom. The van der Waals surface area contributed by atoms with Crippen molar-refractivity contribution in [2.75, 3.05) is 37.9 Å². The molecule has 1 atom stereocenters. The van der Waals surface area contributed by atoms with Crippen LogP contribution in [-0.2, 0) is 19.5 Å². The number of aromatic nitrogens is 5. The summed E-state index contributed by atoms with van der Waals surface area (Å²) in [5.74, 6) is 1.75. The first-order valence-electron chi connectivity index (χ1n) is 15.1. The lowest BCUT2D eigenvalue weighted by molar-refractivity contribution is -0.248. The monoisotopic (exact) mass is 638 g/mol. The minimum Gasteiger partial charge on any atom is -0.494 e. The highest BCUT2D eigenvalue weighted by molar-refractivity contribution is 7.92. The van der Waals surface area contributed by atoms with E-state index < -0.39 is 10.0 Å². The first-order valence-corrected chi connectivity index (χ1v) is 16.7. The number of imidazole rings is 1. The van der Waals surface area contributed by atoms with Gasteiger partial charge in [-0.25, -0.2) is 28.4 Å². The van der Waals surface area contributed by atoms with E-state index in [-0.39, 0.29) is 40.7 Å². The minimum atomic E-state index is -3.75. The highest BCUT2D eigenvalue weighted by Gasteiger charge is 2.45. The maximum Gasteiger partial charge on any atom is 0.234 e. The third-order valence-electron chi connectivity index (χ3n) is 7.95. The molecule has 0 amide bonds. The summed E-state index contributed by atoms with van der Waals surface area (Å²) in [5, 5.41) is 0. The highest BCUT2D eigenvalue weighted by Crippen LogP contribution is 2.43. The van der Waals surface area contributed by atoms with Gasteiger partial charge < -0.3 is 23.7 Å². The maximum atomic E-state index is 13.3. The average molecular weight is 639 g/mol. The standard InChI is InChI=1S/C31H38N6O7S/c1-5-42-25-13-8-10-21(33-25)29-35-28-30(37(29)27-22(40-3)11-9-12-23(27)41-4)34-24(18-32-28)36-45(38,39)19-20-16-31(2,17-20)44-26-14-6-7-15-43-26/h8-13,18,20,26H,5-7,14-17,19H2,1-4H3,(H,34,36)/t20-,26?,31-. The number of anilines is 1. The van der Waals surface area contributed by atoms with Gasteiger partial charge >= 0.3 is 0 Å². The third kappa shape index (κ3) is 6.67. The Morgan fingerprint density at radius 2 is 1.80 bits per heavy atom. The second-order valence-electron chi connectivity index (χ2n) is 11.5. The smallest absolute Gasteiger partial charge is 0.234 e. The van der Waals surface area contributed by atoms with Crippen molar-refractivity contribution in [2.24, 2.45) is 5.92 Å². The predicted octanol–water partition coefficient (Wildman–Crippen LogP) is 4.75. The summed E-state index contributed by atoms with van der Waals surface area (Å²) < 4.78 is 59.8. The molecule has 1 N–H and O–H groups in total. The largest absolute Gasteiger partial charge is 0.494 e. The van der Waals surface area contributed by atoms with Crippen LogP contribution >= 0.6 is 0 Å². The van der Waals surface area contributed by atoms with E-state index >= 15 is 0 Å². The molecule has 2 fully saturated rings. The zero-order chi connectivity index (χ0) is 31.6. The number of pyridine rings is 1. The van der Waals surface area contributed by atoms with Crippen LogP contribution in [0.5, 0.6) is 17.4 Å². The Kier molecular flexibility index (Phi) is 8.80. The van der Waals surface area contributed by atoms with Gasteiger partial charge in [-0.3, -0.25) is 9.29 Å². The second kappa shape index (κ2) is 12.8. The van der Waals surface area contributed by atoms with Crippen molar-refractivity contribution < 1.29 is 32.1 Å². The summed E-state index contributed by atoms with van der Waals surface area (Å²) >= 11 is 0. The third-order valence-corrected chi connectivity index (χ3v) is 9.38. The van der Waals surface area contributed by atoms with E-state index in [9.17, 15) is 8.42 Å². The lowest BCUT2D eigenvalue weighted by Crippen LogP contribution is -2.49. The van der Waals surface area contributed by atoms with Gasteiger partial charge in [-0.05, 0) is 70.1 Å². The van der Waals surface area contributed by atoms with Crippen molar-refractivity contribution >= 4 is 27.1 Å². The van der Waals surface area contributed by atoms with Gasteiger partial charge in [0.1, 0.15) is 22.9 Å². The van der Waals surface area contributed by atoms with Crippen LogP contribution in [0.3, 0.4) is 0 Å². The van der Waals surface area contributed by atoms with Crippen LogP contribution in [0.2, 0.25) is 0 Å². The Hall–Kier alpha value is -4.01. The molecule has 1 saturated heterocycles. The first kappa shape index (κ1) is 31.0. The molecule has 3 aromatic heterocycles. The number of nitrogens with zero attached hydrogens (tertiary/aromatic N) is 5. The summed E-state index contributed by atoms with van der Waals surface area (Å²) in [6.45, 7) is 5.05. The lowest BCUT2D eigenvalue weighted by Gasteiger charge is -2.46. The first-order chi connectivity index (χ1) is 21.7. The van der Waals surface area contributed by atoms with Crippen LogP contribution in [0.4, 0.5) is 5.82 Å². The van der Waals surface area contributed by atoms with Gasteiger partial charge in [-0.2, -0.15) is 0 Å². The Bertz CT molecular complexity index is 1750. The normalized spacial score (nSPS) is 21.7. The molecule has 2 aliphatic rings. The van der Waals surface area contributed by atoms with Crippen LogP contribution in [0.25, 0.3) is 28.5 Å². The lowest BCUT2D eigenvalue weighted by atomic mass is 9.73. The minimum absolute atomic E-state index is 0.0496. The van der Waals surface area contributed by atoms with E-state index in [1.165, 1.54) is 6.20 Å². The fourth-order valence-electron chi connectivity index (χ4n) is 6.11. The van der Waals surface area contributed by atoms with Gasteiger partial charge in [-0.15, -0.1) is 0 Å². The summed E-state index contributed by atoms with van der Waals surface area (Å²) in [7, 11) is -0.653. The SMILES string of the molecule is CCOc1cccc(-c2nc3ncc(NS(=O)(=O)C[C@H]4C[C@](C)(OC5CCCCO5)C4)nc3n2-c2c(OC)cccc2OC)n1. The van der Waals surface area contributed by atoms with Crippen LogP contribution < -0.4 is 18.9 Å². The van der Waals surface area contributed by atoms with Crippen molar-refractivity contribution in [3.63, 3.8) is 0 Å². The number of nitrogens with one attached hydrogen (secondary N) is 1. The molecule has 0 radical (unpaired) electrons. The topological polar surface area (TPSA) is 149 Å². The Balaban J connectivity index is 1.31. The van der Waals surface area contributed by atoms with Gasteiger partial charge in [0.05, 0.1) is 38.4 Å². The number of benzene rings is 1.